The van der Waals surface area contributed by atoms with Crippen molar-refractivity contribution in [1.82, 2.24) is 14.8 Å². The Kier molecular flexibility index (Phi) is 3.54. The fraction of sp³-hybridized carbons (Fsp3) is 0.643. The van der Waals surface area contributed by atoms with Crippen LogP contribution in [0, 0.1) is 5.92 Å². The van der Waals surface area contributed by atoms with Crippen molar-refractivity contribution in [3.05, 3.63) is 23.0 Å². The molecule has 0 spiro atoms. The minimum atomic E-state index is 0.136. The lowest BCUT2D eigenvalue weighted by Crippen LogP contribution is -2.39. The normalized spacial score (nSPS) is 25.9. The number of nitrogens with zero attached hydrogens (tertiary/aromatic N) is 2. The summed E-state index contributed by atoms with van der Waals surface area (Å²) in [6, 6.07) is 2.17. The molecule has 104 valence electrons. The number of aromatic nitrogens is 1. The molecule has 1 aromatic rings. The predicted molar refractivity (Wildman–Crippen MR) is 75.5 cm³/mol. The summed E-state index contributed by atoms with van der Waals surface area (Å²) in [7, 11) is 0. The summed E-state index contributed by atoms with van der Waals surface area (Å²) < 4.78 is 1.99. The summed E-state index contributed by atoms with van der Waals surface area (Å²) in [4.78, 5) is 14.7. The Bertz CT molecular complexity index is 485. The average molecular weight is 282 g/mol. The van der Waals surface area contributed by atoms with E-state index in [1.54, 1.807) is 6.07 Å². The molecule has 1 N–H and O–H groups in total. The van der Waals surface area contributed by atoms with Gasteiger partial charge in [0.1, 0.15) is 5.69 Å². The fourth-order valence-electron chi connectivity index (χ4n) is 3.33. The number of likely N-dealkylation sites (tertiary alicyclic amines) is 1. The number of rotatable bonds is 3. The largest absolute Gasteiger partial charge is 0.342 e. The van der Waals surface area contributed by atoms with Crippen molar-refractivity contribution in [2.24, 2.45) is 5.92 Å². The Morgan fingerprint density at radius 3 is 3.16 bits per heavy atom. The summed E-state index contributed by atoms with van der Waals surface area (Å²) in [5.41, 5.74) is 0.736. The topological polar surface area (TPSA) is 37.3 Å². The molecule has 2 atom stereocenters. The lowest BCUT2D eigenvalue weighted by molar-refractivity contribution is 0.0726. The smallest absolute Gasteiger partial charge is 0.270 e. The third-order valence-electron chi connectivity index (χ3n) is 4.25. The van der Waals surface area contributed by atoms with Crippen molar-refractivity contribution in [2.45, 2.75) is 32.4 Å². The quantitative estimate of drug-likeness (QED) is 0.920. The highest BCUT2D eigenvalue weighted by atomic mass is 35.5. The van der Waals surface area contributed by atoms with E-state index in [-0.39, 0.29) is 5.91 Å². The number of aryl methyl sites for hydroxylation is 1. The second-order valence-corrected chi connectivity index (χ2v) is 5.95. The first kappa shape index (κ1) is 13.0. The first-order valence-corrected chi connectivity index (χ1v) is 7.46. The van der Waals surface area contributed by atoms with Crippen molar-refractivity contribution in [1.29, 1.82) is 0 Å². The molecule has 1 amide bonds. The van der Waals surface area contributed by atoms with Crippen molar-refractivity contribution < 1.29 is 4.79 Å². The van der Waals surface area contributed by atoms with Gasteiger partial charge in [-0.05, 0) is 24.8 Å². The Hall–Kier alpha value is -1.00. The van der Waals surface area contributed by atoms with Crippen LogP contribution in [-0.4, -0.2) is 41.1 Å². The van der Waals surface area contributed by atoms with E-state index in [0.29, 0.717) is 17.0 Å². The maximum absolute atomic E-state index is 12.7. The molecule has 0 radical (unpaired) electrons. The number of halogens is 1. The number of hydrogen-bond donors (Lipinski definition) is 1. The molecule has 0 aromatic carbocycles. The molecule has 2 fully saturated rings. The van der Waals surface area contributed by atoms with Gasteiger partial charge in [0.15, 0.2) is 0 Å². The Morgan fingerprint density at radius 2 is 2.37 bits per heavy atom. The van der Waals surface area contributed by atoms with Gasteiger partial charge in [0.05, 0.1) is 5.02 Å². The molecule has 1 aromatic heterocycles. The zero-order chi connectivity index (χ0) is 13.4. The van der Waals surface area contributed by atoms with Gasteiger partial charge < -0.3 is 14.8 Å². The maximum atomic E-state index is 12.7. The number of amides is 1. The summed E-state index contributed by atoms with van der Waals surface area (Å²) in [5, 5.41) is 4.03. The predicted octanol–water partition coefficient (Wildman–Crippen LogP) is 1.99. The van der Waals surface area contributed by atoms with Crippen LogP contribution in [0.1, 0.15) is 30.3 Å². The lowest BCUT2D eigenvalue weighted by atomic mass is 10.1. The summed E-state index contributed by atoms with van der Waals surface area (Å²) in [5.74, 6) is 0.769. The third kappa shape index (κ3) is 2.28. The monoisotopic (exact) mass is 281 g/mol. The van der Waals surface area contributed by atoms with E-state index in [0.717, 1.165) is 44.7 Å². The van der Waals surface area contributed by atoms with E-state index in [9.17, 15) is 4.79 Å². The second kappa shape index (κ2) is 5.17. The van der Waals surface area contributed by atoms with Gasteiger partial charge in [0, 0.05) is 38.4 Å². The number of carbonyl (C=O) groups excluding carboxylic acids is 1. The highest BCUT2D eigenvalue weighted by molar-refractivity contribution is 6.31. The molecule has 0 saturated carbocycles. The molecule has 0 bridgehead atoms. The lowest BCUT2D eigenvalue weighted by Gasteiger charge is -2.24. The van der Waals surface area contributed by atoms with Crippen LogP contribution in [0.2, 0.25) is 5.02 Å². The Balaban J connectivity index is 1.83. The summed E-state index contributed by atoms with van der Waals surface area (Å²) >= 11 is 6.06. The number of hydrogen-bond acceptors (Lipinski definition) is 2. The first-order valence-electron chi connectivity index (χ1n) is 7.08. The van der Waals surface area contributed by atoms with Crippen molar-refractivity contribution >= 4 is 17.5 Å². The van der Waals surface area contributed by atoms with Crippen molar-refractivity contribution in [2.75, 3.05) is 19.6 Å². The zero-order valence-electron chi connectivity index (χ0n) is 11.2. The van der Waals surface area contributed by atoms with Gasteiger partial charge in [-0.3, -0.25) is 4.79 Å². The Labute approximate surface area is 118 Å². The van der Waals surface area contributed by atoms with Gasteiger partial charge >= 0.3 is 0 Å². The van der Waals surface area contributed by atoms with Crippen LogP contribution < -0.4 is 5.32 Å². The summed E-state index contributed by atoms with van der Waals surface area (Å²) in [6.45, 7) is 5.80. The molecule has 3 heterocycles. The molecule has 2 aliphatic heterocycles. The standard InChI is InChI=1S/C14H20ClN3O/c1-2-4-17-9-11(15)6-12(17)14(19)18-5-3-10-7-16-8-13(10)18/h6,9-10,13,16H,2-5,7-8H2,1H3/t10-,13+/m0/s1. The van der Waals surface area contributed by atoms with E-state index in [1.165, 1.54) is 0 Å². The first-order chi connectivity index (χ1) is 9.20. The highest BCUT2D eigenvalue weighted by Gasteiger charge is 2.40. The second-order valence-electron chi connectivity index (χ2n) is 5.51. The average Bonchev–Trinajstić information content (AvgIpc) is 3.03. The van der Waals surface area contributed by atoms with Crippen LogP contribution in [0.3, 0.4) is 0 Å². The third-order valence-corrected chi connectivity index (χ3v) is 4.46. The van der Waals surface area contributed by atoms with E-state index >= 15 is 0 Å². The van der Waals surface area contributed by atoms with Crippen LogP contribution in [-0.2, 0) is 6.54 Å². The van der Waals surface area contributed by atoms with Gasteiger partial charge in [-0.2, -0.15) is 0 Å². The minimum Gasteiger partial charge on any atom is -0.342 e. The van der Waals surface area contributed by atoms with Crippen LogP contribution in [0.25, 0.3) is 0 Å². The van der Waals surface area contributed by atoms with Crippen LogP contribution in [0.5, 0.6) is 0 Å². The van der Waals surface area contributed by atoms with Gasteiger partial charge in [-0.1, -0.05) is 18.5 Å². The SMILES string of the molecule is CCCn1cc(Cl)cc1C(=O)N1CC[C@H]2CNC[C@H]21. The molecular weight excluding hydrogens is 262 g/mol. The van der Waals surface area contributed by atoms with Crippen molar-refractivity contribution in [3.63, 3.8) is 0 Å². The fourth-order valence-corrected chi connectivity index (χ4v) is 3.55. The van der Waals surface area contributed by atoms with Crippen LogP contribution in [0.15, 0.2) is 12.3 Å². The molecule has 19 heavy (non-hydrogen) atoms. The number of fused-ring (bicyclic) bond motifs is 1. The van der Waals surface area contributed by atoms with Crippen LogP contribution in [0.4, 0.5) is 0 Å². The van der Waals surface area contributed by atoms with Gasteiger partial charge in [0.2, 0.25) is 0 Å². The molecule has 4 nitrogen and oxygen atoms in total. The molecule has 2 saturated heterocycles. The van der Waals surface area contributed by atoms with E-state index in [2.05, 4.69) is 12.2 Å². The Morgan fingerprint density at radius 1 is 1.53 bits per heavy atom. The molecular formula is C14H20ClN3O. The van der Waals surface area contributed by atoms with Gasteiger partial charge in [-0.15, -0.1) is 0 Å². The summed E-state index contributed by atoms with van der Waals surface area (Å²) in [6.07, 6.45) is 3.98. The molecule has 0 unspecified atom stereocenters. The van der Waals surface area contributed by atoms with E-state index in [4.69, 9.17) is 11.6 Å². The minimum absolute atomic E-state index is 0.136. The van der Waals surface area contributed by atoms with Gasteiger partial charge in [0.25, 0.3) is 5.91 Å². The van der Waals surface area contributed by atoms with Gasteiger partial charge in [-0.25, -0.2) is 0 Å². The maximum Gasteiger partial charge on any atom is 0.270 e. The highest BCUT2D eigenvalue weighted by Crippen LogP contribution is 2.29. The van der Waals surface area contributed by atoms with Crippen molar-refractivity contribution in [3.8, 4) is 0 Å². The molecule has 5 heteroatoms. The number of carbonyl (C=O) groups is 1. The van der Waals surface area contributed by atoms with E-state index < -0.39 is 0 Å². The molecule has 2 aliphatic rings. The van der Waals surface area contributed by atoms with E-state index in [1.807, 2.05) is 15.7 Å². The number of nitrogens with one attached hydrogen (secondary N) is 1. The molecule has 3 rings (SSSR count). The van der Waals surface area contributed by atoms with Crippen LogP contribution >= 0.6 is 11.6 Å². The zero-order valence-corrected chi connectivity index (χ0v) is 12.0. The molecule has 0 aliphatic carbocycles.